The van der Waals surface area contributed by atoms with E-state index in [4.69, 9.17) is 0 Å². The molecular formula is C57H78P2. The van der Waals surface area contributed by atoms with Crippen LogP contribution in [0.4, 0.5) is 0 Å². The van der Waals surface area contributed by atoms with Crippen molar-refractivity contribution >= 4 is 15.8 Å². The van der Waals surface area contributed by atoms with Crippen LogP contribution in [0.3, 0.4) is 0 Å². The maximum Gasteiger partial charge on any atom is 0.0146 e. The third kappa shape index (κ3) is 5.90. The Bertz CT molecular complexity index is 1740. The molecule has 0 N–H and O–H groups in total. The Morgan fingerprint density at radius 3 is 0.966 bits per heavy atom. The molecular weight excluding hydrogens is 747 g/mol. The molecule has 0 aromatic heterocycles. The molecule has 16 saturated carbocycles. The molecule has 0 heterocycles. The van der Waals surface area contributed by atoms with Gasteiger partial charge in [0.25, 0.3) is 0 Å². The highest BCUT2D eigenvalue weighted by Gasteiger charge is 2.65. The molecule has 316 valence electrons. The first-order chi connectivity index (χ1) is 28.6. The number of hydrogen-bond donors (Lipinski definition) is 0. The average Bonchev–Trinajstić information content (AvgIpc) is 3.17. The summed E-state index contributed by atoms with van der Waals surface area (Å²) in [6.45, 7) is 5.14. The molecule has 0 aliphatic heterocycles. The van der Waals surface area contributed by atoms with E-state index in [0.717, 1.165) is 71.0 Å². The van der Waals surface area contributed by atoms with Crippen LogP contribution in [0.5, 0.6) is 0 Å². The van der Waals surface area contributed by atoms with E-state index in [-0.39, 0.29) is 21.3 Å². The summed E-state index contributed by atoms with van der Waals surface area (Å²) >= 11 is 0. The van der Waals surface area contributed by atoms with Crippen molar-refractivity contribution in [2.75, 3.05) is 0 Å². The van der Waals surface area contributed by atoms with Crippen LogP contribution in [0, 0.1) is 71.0 Å². The van der Waals surface area contributed by atoms with Crippen LogP contribution in [0.2, 0.25) is 0 Å². The van der Waals surface area contributed by atoms with Crippen LogP contribution in [0.15, 0.2) is 48.5 Å². The van der Waals surface area contributed by atoms with Crippen LogP contribution in [0.25, 0.3) is 0 Å². The lowest BCUT2D eigenvalue weighted by atomic mass is 9.55. The number of hydrogen-bond acceptors (Lipinski definition) is 0. The van der Waals surface area contributed by atoms with Gasteiger partial charge in [0.15, 0.2) is 0 Å². The van der Waals surface area contributed by atoms with Gasteiger partial charge in [-0.05, 0) is 280 Å². The van der Waals surface area contributed by atoms with Crippen molar-refractivity contribution in [3.63, 3.8) is 0 Å². The van der Waals surface area contributed by atoms with Gasteiger partial charge in [0.2, 0.25) is 0 Å². The third-order valence-electron chi connectivity index (χ3n) is 22.4. The molecule has 2 aromatic carbocycles. The van der Waals surface area contributed by atoms with Crippen molar-refractivity contribution in [3.8, 4) is 0 Å². The fraction of sp³-hybridized carbons (Fsp3) is 0.789. The van der Waals surface area contributed by atoms with Gasteiger partial charge in [0.05, 0.1) is 0 Å². The lowest BCUT2D eigenvalue weighted by Crippen LogP contribution is -2.57. The molecule has 16 aliphatic rings. The van der Waals surface area contributed by atoms with Crippen LogP contribution in [-0.4, -0.2) is 20.6 Å². The largest absolute Gasteiger partial charge is 0.0894 e. The Hall–Kier alpha value is -0.700. The van der Waals surface area contributed by atoms with Gasteiger partial charge in [0, 0.05) is 5.41 Å². The predicted molar refractivity (Wildman–Crippen MR) is 250 cm³/mol. The molecule has 2 heteroatoms. The first kappa shape index (κ1) is 37.7. The molecule has 16 fully saturated rings. The lowest BCUT2D eigenvalue weighted by Gasteiger charge is -2.68. The molecule has 0 nitrogen and oxygen atoms in total. The van der Waals surface area contributed by atoms with E-state index in [1.54, 1.807) is 160 Å². The Balaban J connectivity index is 0.919. The number of benzene rings is 2. The second-order valence-corrected chi connectivity index (χ2v) is 32.9. The Morgan fingerprint density at radius 2 is 0.661 bits per heavy atom. The second kappa shape index (κ2) is 13.2. The van der Waals surface area contributed by atoms with Crippen LogP contribution >= 0.6 is 15.8 Å². The van der Waals surface area contributed by atoms with Crippen LogP contribution in [-0.2, 0) is 17.7 Å². The predicted octanol–water partition coefficient (Wildman–Crippen LogP) is 15.9. The van der Waals surface area contributed by atoms with Crippen LogP contribution < -0.4 is 0 Å². The van der Waals surface area contributed by atoms with Crippen LogP contribution in [0.1, 0.15) is 190 Å². The summed E-state index contributed by atoms with van der Waals surface area (Å²) in [7, 11) is -0.130. The summed E-state index contributed by atoms with van der Waals surface area (Å²) in [5, 5.41) is 2.81. The van der Waals surface area contributed by atoms with Crippen molar-refractivity contribution in [2.45, 2.75) is 206 Å². The zero-order valence-electron chi connectivity index (χ0n) is 37.3. The second-order valence-electron chi connectivity index (χ2n) is 26.7. The molecule has 0 saturated heterocycles. The van der Waals surface area contributed by atoms with Gasteiger partial charge in [-0.1, -0.05) is 78.2 Å². The highest BCUT2D eigenvalue weighted by molar-refractivity contribution is 7.60. The fourth-order valence-corrected chi connectivity index (χ4v) is 32.3. The first-order valence-electron chi connectivity index (χ1n) is 26.3. The zero-order chi connectivity index (χ0) is 38.9. The SMILES string of the molecule is CC(C)(c1ccccc1)c1ccc(CP(C23CC4CC(CC(C4)C2)C3)C23CC4CC(CC(C4)C2)C3)c(CP(C23CC4CC(CC(C4)C2)C3)C23CC4CC(CC(C4)C2)C3)c1. The van der Waals surface area contributed by atoms with Gasteiger partial charge < -0.3 is 0 Å². The van der Waals surface area contributed by atoms with E-state index in [1.807, 2.05) is 11.1 Å². The third-order valence-corrected chi connectivity index (χ3v) is 30.5. The molecule has 0 unspecified atom stereocenters. The molecule has 0 amide bonds. The van der Waals surface area contributed by atoms with E-state index in [9.17, 15) is 0 Å². The van der Waals surface area contributed by atoms with Gasteiger partial charge in [-0.15, -0.1) is 0 Å². The minimum atomic E-state index is -0.0757. The topological polar surface area (TPSA) is 0 Å². The summed E-state index contributed by atoms with van der Waals surface area (Å²) < 4.78 is 0. The maximum atomic E-state index is 2.96. The van der Waals surface area contributed by atoms with Gasteiger partial charge >= 0.3 is 0 Å². The zero-order valence-corrected chi connectivity index (χ0v) is 39.1. The quantitative estimate of drug-likeness (QED) is 0.209. The highest BCUT2D eigenvalue weighted by atomic mass is 31.1. The molecule has 16 aliphatic carbocycles. The standard InChI is InChI=1S/C57H78P2/c1-53(2,51-6-4-3-5-7-51)52-9-8-49(35-58(54-23-37-10-38(24-54)12-39(11-37)25-54)55-26-40-13-41(27-55)15-42(14-40)28-55)50(22-52)36-59(56-29-43-16-44(30-56)18-45(17-43)31-56)57-32-46-19-47(33-57)21-48(20-46)34-57/h3-9,22,37-48H,10-21,23-36H2,1-2H3. The maximum absolute atomic E-state index is 2.96. The molecule has 2 aromatic rings. The van der Waals surface area contributed by atoms with Gasteiger partial charge in [-0.2, -0.15) is 0 Å². The van der Waals surface area contributed by atoms with Crippen molar-refractivity contribution < 1.29 is 0 Å². The number of rotatable bonds is 10. The minimum Gasteiger partial charge on any atom is -0.0894 e. The minimum absolute atomic E-state index is 0.0310. The van der Waals surface area contributed by atoms with Crippen molar-refractivity contribution in [3.05, 3.63) is 70.8 Å². The summed E-state index contributed by atoms with van der Waals surface area (Å²) in [5.74, 6) is 12.9. The lowest BCUT2D eigenvalue weighted by molar-refractivity contribution is 0.0180. The molecule has 18 rings (SSSR count). The molecule has 0 spiro atoms. The van der Waals surface area contributed by atoms with E-state index in [2.05, 4.69) is 62.4 Å². The molecule has 59 heavy (non-hydrogen) atoms. The monoisotopic (exact) mass is 825 g/mol. The van der Waals surface area contributed by atoms with Gasteiger partial charge in [-0.3, -0.25) is 0 Å². The Kier molecular flexibility index (Phi) is 8.42. The van der Waals surface area contributed by atoms with E-state index in [1.165, 1.54) is 17.9 Å². The average molecular weight is 825 g/mol. The smallest absolute Gasteiger partial charge is 0.0146 e. The molecule has 0 radical (unpaired) electrons. The first-order valence-corrected chi connectivity index (χ1v) is 29.4. The van der Waals surface area contributed by atoms with Crippen molar-refractivity contribution in [2.24, 2.45) is 71.0 Å². The molecule has 0 atom stereocenters. The Morgan fingerprint density at radius 1 is 0.373 bits per heavy atom. The van der Waals surface area contributed by atoms with Gasteiger partial charge in [0.1, 0.15) is 0 Å². The summed E-state index contributed by atoms with van der Waals surface area (Å²) in [4.78, 5) is 0. The molecule has 16 bridgehead atoms. The van der Waals surface area contributed by atoms with E-state index in [0.29, 0.717) is 20.6 Å². The summed E-state index contributed by atoms with van der Waals surface area (Å²) in [6, 6.07) is 20.3. The van der Waals surface area contributed by atoms with Crippen molar-refractivity contribution in [1.29, 1.82) is 0 Å². The normalized spacial score (nSPS) is 50.2. The van der Waals surface area contributed by atoms with E-state index >= 15 is 0 Å². The summed E-state index contributed by atoms with van der Waals surface area (Å²) in [5.41, 5.74) is 7.03. The van der Waals surface area contributed by atoms with Crippen molar-refractivity contribution in [1.82, 2.24) is 0 Å². The van der Waals surface area contributed by atoms with E-state index < -0.39 is 0 Å². The van der Waals surface area contributed by atoms with Gasteiger partial charge in [-0.25, -0.2) is 0 Å². The fourth-order valence-electron chi connectivity index (χ4n) is 21.9. The summed E-state index contributed by atoms with van der Waals surface area (Å²) in [6.07, 6.45) is 42.1. The Labute approximate surface area is 362 Å². The highest BCUT2D eigenvalue weighted by Crippen LogP contribution is 2.82.